The normalized spacial score (nSPS) is 25.5. The van der Waals surface area contributed by atoms with Crippen molar-refractivity contribution in [3.8, 4) is 0 Å². The van der Waals surface area contributed by atoms with Gasteiger partial charge in [0.1, 0.15) is 12.2 Å². The molecule has 1 fully saturated rings. The van der Waals surface area contributed by atoms with Gasteiger partial charge in [-0.2, -0.15) is 5.10 Å². The van der Waals surface area contributed by atoms with E-state index >= 15 is 0 Å². The zero-order valence-corrected chi connectivity index (χ0v) is 11.2. The van der Waals surface area contributed by atoms with Gasteiger partial charge < -0.3 is 4.74 Å². The Hall–Kier alpha value is -0.980. The van der Waals surface area contributed by atoms with Crippen LogP contribution in [0.2, 0.25) is 0 Å². The molecule has 2 rings (SSSR count). The van der Waals surface area contributed by atoms with Crippen LogP contribution in [0.4, 0.5) is 0 Å². The molecule has 1 aliphatic heterocycles. The maximum atomic E-state index is 5.68. The lowest BCUT2D eigenvalue weighted by Gasteiger charge is -2.21. The van der Waals surface area contributed by atoms with Crippen LogP contribution >= 0.6 is 0 Å². The first-order valence-corrected chi connectivity index (χ1v) is 6.69. The fraction of sp³-hybridized carbons (Fsp3) is 0.833. The van der Waals surface area contributed by atoms with Crippen molar-refractivity contribution in [2.75, 3.05) is 6.61 Å². The lowest BCUT2D eigenvalue weighted by molar-refractivity contribution is 0.116. The van der Waals surface area contributed by atoms with Crippen molar-refractivity contribution in [1.29, 1.82) is 0 Å². The molecule has 0 radical (unpaired) electrons. The van der Waals surface area contributed by atoms with E-state index in [0.29, 0.717) is 12.0 Å². The highest BCUT2D eigenvalue weighted by Crippen LogP contribution is 2.23. The molecule has 3 N–H and O–H groups in total. The first kappa shape index (κ1) is 13.5. The van der Waals surface area contributed by atoms with Crippen molar-refractivity contribution in [1.82, 2.24) is 20.2 Å². The zero-order valence-electron chi connectivity index (χ0n) is 11.2. The minimum absolute atomic E-state index is 0.203. The van der Waals surface area contributed by atoms with Crippen molar-refractivity contribution in [2.24, 2.45) is 11.8 Å². The van der Waals surface area contributed by atoms with E-state index in [1.54, 1.807) is 6.33 Å². The van der Waals surface area contributed by atoms with Crippen LogP contribution in [0.15, 0.2) is 6.33 Å². The number of nitrogens with one attached hydrogen (secondary N) is 1. The van der Waals surface area contributed by atoms with Crippen LogP contribution in [0, 0.1) is 5.92 Å². The first-order valence-electron chi connectivity index (χ1n) is 6.69. The quantitative estimate of drug-likeness (QED) is 0.570. The number of hydrogen-bond acceptors (Lipinski definition) is 5. The monoisotopic (exact) mass is 253 g/mol. The highest BCUT2D eigenvalue weighted by Gasteiger charge is 2.30. The fourth-order valence-corrected chi connectivity index (χ4v) is 2.53. The van der Waals surface area contributed by atoms with Crippen molar-refractivity contribution in [3.05, 3.63) is 12.2 Å². The molecular weight excluding hydrogens is 230 g/mol. The SMILES string of the molecule is CCCn1ncnc1CC(NN)C1COC(C)C1. The van der Waals surface area contributed by atoms with E-state index < -0.39 is 0 Å². The molecule has 6 heteroatoms. The van der Waals surface area contributed by atoms with E-state index in [9.17, 15) is 0 Å². The lowest BCUT2D eigenvalue weighted by Crippen LogP contribution is -2.43. The largest absolute Gasteiger partial charge is 0.378 e. The first-order chi connectivity index (χ1) is 8.74. The number of aryl methyl sites for hydroxylation is 1. The molecule has 3 atom stereocenters. The van der Waals surface area contributed by atoms with Gasteiger partial charge in [0.2, 0.25) is 0 Å². The Morgan fingerprint density at radius 1 is 1.67 bits per heavy atom. The maximum Gasteiger partial charge on any atom is 0.138 e. The van der Waals surface area contributed by atoms with Gasteiger partial charge in [-0.25, -0.2) is 4.98 Å². The van der Waals surface area contributed by atoms with E-state index in [1.807, 2.05) is 4.68 Å². The van der Waals surface area contributed by atoms with Crippen LogP contribution in [0.1, 0.15) is 32.5 Å². The van der Waals surface area contributed by atoms with Crippen LogP contribution in [-0.4, -0.2) is 33.5 Å². The maximum absolute atomic E-state index is 5.68. The van der Waals surface area contributed by atoms with E-state index in [0.717, 1.165) is 38.2 Å². The lowest BCUT2D eigenvalue weighted by atomic mass is 9.94. The molecule has 0 bridgehead atoms. The van der Waals surface area contributed by atoms with Crippen LogP contribution < -0.4 is 11.3 Å². The third-order valence-corrected chi connectivity index (χ3v) is 3.55. The predicted molar refractivity (Wildman–Crippen MR) is 68.6 cm³/mol. The van der Waals surface area contributed by atoms with Gasteiger partial charge in [-0.1, -0.05) is 6.92 Å². The Kier molecular flexibility index (Phi) is 4.68. The second-order valence-electron chi connectivity index (χ2n) is 5.02. The van der Waals surface area contributed by atoms with Gasteiger partial charge in [-0.15, -0.1) is 0 Å². The standard InChI is InChI=1S/C12H23N5O/c1-3-4-17-12(14-8-15-17)6-11(16-13)10-5-9(2)18-7-10/h8-11,16H,3-7,13H2,1-2H3. The molecule has 18 heavy (non-hydrogen) atoms. The van der Waals surface area contributed by atoms with E-state index in [1.165, 1.54) is 0 Å². The Balaban J connectivity index is 1.99. The molecule has 0 aromatic carbocycles. The summed E-state index contributed by atoms with van der Waals surface area (Å²) in [6.45, 7) is 5.92. The van der Waals surface area contributed by atoms with Gasteiger partial charge >= 0.3 is 0 Å². The summed E-state index contributed by atoms with van der Waals surface area (Å²) in [6.07, 6.45) is 4.86. The molecule has 1 saturated heterocycles. The smallest absolute Gasteiger partial charge is 0.138 e. The number of rotatable bonds is 6. The van der Waals surface area contributed by atoms with Crippen LogP contribution in [-0.2, 0) is 17.7 Å². The molecule has 3 unspecified atom stereocenters. The second kappa shape index (κ2) is 6.26. The summed E-state index contributed by atoms with van der Waals surface area (Å²) < 4.78 is 7.57. The van der Waals surface area contributed by atoms with Crippen LogP contribution in [0.25, 0.3) is 0 Å². The van der Waals surface area contributed by atoms with Crippen molar-refractivity contribution in [2.45, 2.75) is 51.8 Å². The van der Waals surface area contributed by atoms with Crippen molar-refractivity contribution < 1.29 is 4.74 Å². The van der Waals surface area contributed by atoms with E-state index in [4.69, 9.17) is 10.6 Å². The predicted octanol–water partition coefficient (Wildman–Crippen LogP) is 0.488. The van der Waals surface area contributed by atoms with Gasteiger partial charge in [0.05, 0.1) is 12.7 Å². The Labute approximate surface area is 108 Å². The summed E-state index contributed by atoms with van der Waals surface area (Å²) in [5, 5.41) is 4.24. The average Bonchev–Trinajstić information content (AvgIpc) is 2.96. The van der Waals surface area contributed by atoms with Gasteiger partial charge in [0.15, 0.2) is 0 Å². The summed E-state index contributed by atoms with van der Waals surface area (Å²) in [4.78, 5) is 4.33. The van der Waals surface area contributed by atoms with Gasteiger partial charge in [0.25, 0.3) is 0 Å². The highest BCUT2D eigenvalue weighted by atomic mass is 16.5. The molecule has 2 heterocycles. The average molecular weight is 253 g/mol. The summed E-state index contributed by atoms with van der Waals surface area (Å²) in [6, 6.07) is 0.203. The molecule has 0 saturated carbocycles. The van der Waals surface area contributed by atoms with Crippen molar-refractivity contribution in [3.63, 3.8) is 0 Å². The highest BCUT2D eigenvalue weighted by molar-refractivity contribution is 4.93. The van der Waals surface area contributed by atoms with Crippen LogP contribution in [0.3, 0.4) is 0 Å². The van der Waals surface area contributed by atoms with Crippen LogP contribution in [0.5, 0.6) is 0 Å². The Bertz CT molecular complexity index is 367. The number of hydrazine groups is 1. The van der Waals surface area contributed by atoms with E-state index in [-0.39, 0.29) is 6.04 Å². The molecule has 1 aromatic rings. The molecular formula is C12H23N5O. The molecule has 0 aliphatic carbocycles. The summed E-state index contributed by atoms with van der Waals surface area (Å²) in [7, 11) is 0. The number of ether oxygens (including phenoxy) is 1. The summed E-state index contributed by atoms with van der Waals surface area (Å²) >= 11 is 0. The topological polar surface area (TPSA) is 78.0 Å². The molecule has 0 spiro atoms. The second-order valence-corrected chi connectivity index (χ2v) is 5.02. The fourth-order valence-electron chi connectivity index (χ4n) is 2.53. The molecule has 102 valence electrons. The molecule has 0 amide bonds. The van der Waals surface area contributed by atoms with Gasteiger partial charge in [-0.3, -0.25) is 16.0 Å². The van der Waals surface area contributed by atoms with Crippen molar-refractivity contribution >= 4 is 0 Å². The zero-order chi connectivity index (χ0) is 13.0. The number of nitrogens with zero attached hydrogens (tertiary/aromatic N) is 3. The van der Waals surface area contributed by atoms with E-state index in [2.05, 4.69) is 29.4 Å². The number of nitrogens with two attached hydrogens (primary N) is 1. The molecule has 6 nitrogen and oxygen atoms in total. The Morgan fingerprint density at radius 2 is 2.50 bits per heavy atom. The third-order valence-electron chi connectivity index (χ3n) is 3.55. The molecule has 1 aromatic heterocycles. The summed E-state index contributed by atoms with van der Waals surface area (Å²) in [5.41, 5.74) is 2.91. The Morgan fingerprint density at radius 3 is 3.11 bits per heavy atom. The molecule has 1 aliphatic rings. The van der Waals surface area contributed by atoms with Gasteiger partial charge in [-0.05, 0) is 19.8 Å². The third kappa shape index (κ3) is 3.07. The number of hydrogen-bond donors (Lipinski definition) is 2. The minimum atomic E-state index is 0.203. The minimum Gasteiger partial charge on any atom is -0.378 e. The number of aromatic nitrogens is 3. The summed E-state index contributed by atoms with van der Waals surface area (Å²) in [5.74, 6) is 7.13. The van der Waals surface area contributed by atoms with Gasteiger partial charge in [0, 0.05) is 24.9 Å².